The molecule has 0 aliphatic heterocycles. The highest BCUT2D eigenvalue weighted by Crippen LogP contribution is 2.37. The van der Waals surface area contributed by atoms with Gasteiger partial charge in [-0.3, -0.25) is 0 Å². The lowest BCUT2D eigenvalue weighted by atomic mass is 9.87. The van der Waals surface area contributed by atoms with Crippen molar-refractivity contribution in [2.75, 3.05) is 0 Å². The first-order valence-corrected chi connectivity index (χ1v) is 13.0. The fourth-order valence-electron chi connectivity index (χ4n) is 4.85. The fourth-order valence-corrected chi connectivity index (χ4v) is 4.85. The van der Waals surface area contributed by atoms with E-state index >= 15 is 4.39 Å². The molecule has 4 aromatic rings. The van der Waals surface area contributed by atoms with Crippen molar-refractivity contribution in [3.63, 3.8) is 0 Å². The summed E-state index contributed by atoms with van der Waals surface area (Å²) in [4.78, 5) is 0. The van der Waals surface area contributed by atoms with E-state index in [-0.39, 0.29) is 21.9 Å². The quantitative estimate of drug-likeness (QED) is 0.167. The summed E-state index contributed by atoms with van der Waals surface area (Å²) in [5, 5.41) is -0.291. The number of rotatable bonds is 5. The second-order valence-electron chi connectivity index (χ2n) is 10.2. The lowest BCUT2D eigenvalue weighted by molar-refractivity contribution is -0.185. The highest BCUT2D eigenvalue weighted by Gasteiger charge is 2.35. The lowest BCUT2D eigenvalue weighted by Gasteiger charge is -2.21. The van der Waals surface area contributed by atoms with Crippen molar-refractivity contribution in [3.8, 4) is 28.7 Å². The van der Waals surface area contributed by atoms with Crippen LogP contribution in [0.4, 0.5) is 35.1 Å². The molecule has 1 nitrogen and oxygen atoms in total. The highest BCUT2D eigenvalue weighted by atomic mass is 19.4. The second-order valence-corrected chi connectivity index (χ2v) is 10.2. The van der Waals surface area contributed by atoms with Gasteiger partial charge < -0.3 is 4.74 Å². The van der Waals surface area contributed by atoms with Crippen molar-refractivity contribution in [3.05, 3.63) is 107 Å². The zero-order valence-corrected chi connectivity index (χ0v) is 22.1. The third-order valence-corrected chi connectivity index (χ3v) is 7.12. The summed E-state index contributed by atoms with van der Waals surface area (Å²) in [5.74, 6) is -1.12. The summed E-state index contributed by atoms with van der Waals surface area (Å²) in [6, 6.07) is 13.3. The third-order valence-electron chi connectivity index (χ3n) is 7.12. The van der Waals surface area contributed by atoms with E-state index < -0.39 is 46.6 Å². The Morgan fingerprint density at radius 3 is 2.17 bits per heavy atom. The van der Waals surface area contributed by atoms with Crippen LogP contribution in [0.15, 0.2) is 72.8 Å². The number of alkyl halides is 5. The van der Waals surface area contributed by atoms with Crippen LogP contribution in [0, 0.1) is 35.2 Å². The van der Waals surface area contributed by atoms with Gasteiger partial charge in [0.1, 0.15) is 23.2 Å². The zero-order chi connectivity index (χ0) is 30.2. The molecule has 0 aromatic heterocycles. The summed E-state index contributed by atoms with van der Waals surface area (Å²) in [7, 11) is 0. The largest absolute Gasteiger partial charge is 0.458 e. The van der Waals surface area contributed by atoms with Crippen LogP contribution >= 0.6 is 0 Å². The van der Waals surface area contributed by atoms with Crippen molar-refractivity contribution >= 4 is 16.3 Å². The van der Waals surface area contributed by atoms with Gasteiger partial charge in [-0.1, -0.05) is 43.2 Å². The Hall–Kier alpha value is -4.32. The average Bonchev–Trinajstić information content (AvgIpc) is 2.92. The minimum absolute atomic E-state index is 0.0618. The molecule has 0 saturated carbocycles. The molecule has 0 heterocycles. The molecule has 0 amide bonds. The molecule has 1 unspecified atom stereocenters. The monoisotopic (exact) mass is 586 g/mol. The molecule has 9 heteroatoms. The van der Waals surface area contributed by atoms with Gasteiger partial charge in [0.15, 0.2) is 0 Å². The number of fused-ring (bicyclic) bond motifs is 1. The zero-order valence-electron chi connectivity index (χ0n) is 22.1. The van der Waals surface area contributed by atoms with Crippen molar-refractivity contribution in [2.45, 2.75) is 38.5 Å². The predicted molar refractivity (Wildman–Crippen MR) is 144 cm³/mol. The average molecular weight is 587 g/mol. The number of allylic oxidation sites excluding steroid dienone is 2. The molecule has 1 aliphatic rings. The first-order chi connectivity index (χ1) is 19.8. The fraction of sp³-hybridized carbons (Fsp3) is 0.212. The molecular formula is C33H22F8O. The molecule has 0 bridgehead atoms. The summed E-state index contributed by atoms with van der Waals surface area (Å²) >= 11 is 0. The van der Waals surface area contributed by atoms with Crippen molar-refractivity contribution in [2.24, 2.45) is 5.92 Å². The van der Waals surface area contributed by atoms with Gasteiger partial charge in [0.25, 0.3) is 0 Å². The van der Waals surface area contributed by atoms with Gasteiger partial charge in [0, 0.05) is 22.9 Å². The molecule has 1 atom stereocenters. The van der Waals surface area contributed by atoms with Crippen LogP contribution < -0.4 is 4.74 Å². The minimum Gasteiger partial charge on any atom is -0.429 e. The molecule has 1 aliphatic carbocycles. The Bertz CT molecular complexity index is 1740. The van der Waals surface area contributed by atoms with Gasteiger partial charge in [-0.2, -0.15) is 22.0 Å². The van der Waals surface area contributed by atoms with Crippen LogP contribution in [-0.4, -0.2) is 6.18 Å². The van der Waals surface area contributed by atoms with Gasteiger partial charge in [-0.15, -0.1) is 0 Å². The maximum atomic E-state index is 15.0. The number of hydrogen-bond acceptors (Lipinski definition) is 1. The highest BCUT2D eigenvalue weighted by molar-refractivity contribution is 5.89. The van der Waals surface area contributed by atoms with E-state index in [1.165, 1.54) is 36.3 Å². The van der Waals surface area contributed by atoms with Crippen LogP contribution in [0.3, 0.4) is 0 Å². The van der Waals surface area contributed by atoms with Gasteiger partial charge >= 0.3 is 12.3 Å². The Labute approximate surface area is 236 Å². The Morgan fingerprint density at radius 2 is 1.52 bits per heavy atom. The van der Waals surface area contributed by atoms with Gasteiger partial charge in [0.2, 0.25) is 0 Å². The van der Waals surface area contributed by atoms with Crippen molar-refractivity contribution in [1.82, 2.24) is 0 Å². The number of halogens is 8. The smallest absolute Gasteiger partial charge is 0.429 e. The number of benzene rings is 4. The molecule has 0 spiro atoms. The van der Waals surface area contributed by atoms with Crippen LogP contribution in [0.1, 0.15) is 42.9 Å². The number of ether oxygens (including phenoxy) is 1. The topological polar surface area (TPSA) is 9.23 Å². The maximum Gasteiger partial charge on any atom is 0.458 e. The van der Waals surface area contributed by atoms with E-state index in [4.69, 9.17) is 4.74 Å². The van der Waals surface area contributed by atoms with E-state index in [9.17, 15) is 30.7 Å². The number of hydrogen-bond donors (Lipinski definition) is 0. The third kappa shape index (κ3) is 6.28. The van der Waals surface area contributed by atoms with Crippen molar-refractivity contribution in [1.29, 1.82) is 0 Å². The molecule has 0 radical (unpaired) electrons. The lowest BCUT2D eigenvalue weighted by Crippen LogP contribution is -2.22. The van der Waals surface area contributed by atoms with E-state index in [2.05, 4.69) is 13.0 Å². The summed E-state index contributed by atoms with van der Waals surface area (Å²) in [5.41, 5.74) is 0.589. The molecule has 4 aromatic carbocycles. The van der Waals surface area contributed by atoms with Crippen LogP contribution in [0.2, 0.25) is 0 Å². The van der Waals surface area contributed by atoms with E-state index in [1.54, 1.807) is 12.1 Å². The van der Waals surface area contributed by atoms with E-state index in [0.717, 1.165) is 60.6 Å². The predicted octanol–water partition coefficient (Wildman–Crippen LogP) is 10.2. The van der Waals surface area contributed by atoms with E-state index in [1.807, 2.05) is 0 Å². The molecule has 216 valence electrons. The van der Waals surface area contributed by atoms with Crippen molar-refractivity contribution < 1.29 is 39.9 Å². The molecular weight excluding hydrogens is 564 g/mol. The summed E-state index contributed by atoms with van der Waals surface area (Å²) < 4.78 is 116. The molecule has 5 rings (SSSR count). The molecule has 0 saturated heterocycles. The van der Waals surface area contributed by atoms with Gasteiger partial charge in [-0.25, -0.2) is 13.2 Å². The first-order valence-electron chi connectivity index (χ1n) is 13.0. The SMILES string of the molecule is CC1CC=C(c2ccc(C(F)(F)Oc3ccc(-c4ccc5c(F)c(C#CC(F)(F)F)c(F)cc5c4)c(F)c3)cc2)CC1. The second kappa shape index (κ2) is 11.2. The first kappa shape index (κ1) is 29.2. The molecule has 42 heavy (non-hydrogen) atoms. The minimum atomic E-state index is -4.94. The Kier molecular flexibility index (Phi) is 7.76. The van der Waals surface area contributed by atoms with Crippen LogP contribution in [0.5, 0.6) is 5.75 Å². The summed E-state index contributed by atoms with van der Waals surface area (Å²) in [6.45, 7) is 2.16. The Balaban J connectivity index is 1.37. The standard InChI is InChI=1S/C33H22F8O/c1-19-2-4-20(5-3-19)21-6-9-24(10-7-21)33(40,41)42-25-11-13-26(30(35)18-25)22-8-12-27-23(16-22)17-29(34)28(31(27)36)14-15-32(37,38)39/h4,6-13,16-19H,2-3,5H2,1H3. The normalized spacial score (nSPS) is 15.6. The Morgan fingerprint density at radius 1 is 0.810 bits per heavy atom. The van der Waals surface area contributed by atoms with Crippen LogP contribution in [-0.2, 0) is 6.11 Å². The van der Waals surface area contributed by atoms with Gasteiger partial charge in [-0.05, 0) is 83.7 Å². The molecule has 0 N–H and O–H groups in total. The maximum absolute atomic E-state index is 15.0. The van der Waals surface area contributed by atoms with E-state index in [0.29, 0.717) is 5.92 Å². The van der Waals surface area contributed by atoms with Crippen LogP contribution in [0.25, 0.3) is 27.5 Å². The van der Waals surface area contributed by atoms with Gasteiger partial charge in [0.05, 0.1) is 11.1 Å². The molecule has 0 fully saturated rings. The summed E-state index contributed by atoms with van der Waals surface area (Å²) in [6.07, 6.45) is -3.74.